The molecular formula is C12H9BrOS. The van der Waals surface area contributed by atoms with Gasteiger partial charge in [0.1, 0.15) is 0 Å². The summed E-state index contributed by atoms with van der Waals surface area (Å²) in [6.07, 6.45) is 0. The number of ketones is 1. The van der Waals surface area contributed by atoms with Crippen molar-refractivity contribution in [1.29, 1.82) is 0 Å². The molecule has 1 aromatic heterocycles. The monoisotopic (exact) mass is 280 g/mol. The van der Waals surface area contributed by atoms with Crippen LogP contribution in [0, 0.1) is 6.92 Å². The van der Waals surface area contributed by atoms with E-state index >= 15 is 0 Å². The van der Waals surface area contributed by atoms with Crippen LogP contribution in [-0.4, -0.2) is 5.78 Å². The largest absolute Gasteiger partial charge is 0.288 e. The van der Waals surface area contributed by atoms with E-state index in [0.717, 1.165) is 20.5 Å². The van der Waals surface area contributed by atoms with Gasteiger partial charge in [0.25, 0.3) is 0 Å². The molecule has 0 spiro atoms. The Bertz CT molecular complexity index is 502. The topological polar surface area (TPSA) is 17.1 Å². The fourth-order valence-corrected chi connectivity index (χ4v) is 2.77. The Morgan fingerprint density at radius 2 is 2.07 bits per heavy atom. The number of aryl methyl sites for hydroxylation is 1. The fourth-order valence-electron chi connectivity index (χ4n) is 1.39. The van der Waals surface area contributed by atoms with Gasteiger partial charge in [-0.2, -0.15) is 0 Å². The van der Waals surface area contributed by atoms with Gasteiger partial charge in [0, 0.05) is 15.4 Å². The first-order valence-corrected chi connectivity index (χ1v) is 6.20. The Kier molecular flexibility index (Phi) is 3.03. The zero-order valence-corrected chi connectivity index (χ0v) is 10.6. The molecule has 0 aliphatic heterocycles. The number of benzene rings is 1. The molecule has 0 bridgehead atoms. The van der Waals surface area contributed by atoms with Gasteiger partial charge in [-0.25, -0.2) is 0 Å². The number of hydrogen-bond acceptors (Lipinski definition) is 2. The van der Waals surface area contributed by atoms with Gasteiger partial charge < -0.3 is 0 Å². The molecule has 1 heterocycles. The molecule has 0 unspecified atom stereocenters. The molecule has 0 saturated heterocycles. The van der Waals surface area contributed by atoms with Crippen molar-refractivity contribution in [2.45, 2.75) is 6.92 Å². The number of thiophene rings is 1. The lowest BCUT2D eigenvalue weighted by molar-refractivity contribution is 0.104. The summed E-state index contributed by atoms with van der Waals surface area (Å²) >= 11 is 4.81. The number of hydrogen-bond donors (Lipinski definition) is 0. The molecule has 0 N–H and O–H groups in total. The van der Waals surface area contributed by atoms with E-state index < -0.39 is 0 Å². The summed E-state index contributed by atoms with van der Waals surface area (Å²) in [6.45, 7) is 1.95. The van der Waals surface area contributed by atoms with Gasteiger partial charge >= 0.3 is 0 Å². The Morgan fingerprint density at radius 3 is 2.67 bits per heavy atom. The molecule has 0 atom stereocenters. The molecule has 2 rings (SSSR count). The average molecular weight is 281 g/mol. The summed E-state index contributed by atoms with van der Waals surface area (Å²) in [4.78, 5) is 12.8. The summed E-state index contributed by atoms with van der Waals surface area (Å²) in [7, 11) is 0. The van der Waals surface area contributed by atoms with Gasteiger partial charge in [0.15, 0.2) is 0 Å². The highest BCUT2D eigenvalue weighted by Gasteiger charge is 2.12. The van der Waals surface area contributed by atoms with Crippen molar-refractivity contribution in [2.24, 2.45) is 0 Å². The van der Waals surface area contributed by atoms with Crippen LogP contribution in [0.1, 0.15) is 20.8 Å². The van der Waals surface area contributed by atoms with Crippen molar-refractivity contribution in [1.82, 2.24) is 0 Å². The fraction of sp³-hybridized carbons (Fsp3) is 0.0833. The minimum atomic E-state index is 0.101. The Morgan fingerprint density at radius 1 is 1.33 bits per heavy atom. The molecule has 76 valence electrons. The maximum atomic E-state index is 12.1. The van der Waals surface area contributed by atoms with Crippen LogP contribution in [0.15, 0.2) is 40.2 Å². The third kappa shape index (κ3) is 2.19. The molecule has 1 aromatic carbocycles. The van der Waals surface area contributed by atoms with Crippen LogP contribution in [0.2, 0.25) is 0 Å². The molecule has 0 aliphatic rings. The van der Waals surface area contributed by atoms with Gasteiger partial charge in [-0.3, -0.25) is 4.79 Å². The van der Waals surface area contributed by atoms with Crippen LogP contribution >= 0.6 is 27.3 Å². The summed E-state index contributed by atoms with van der Waals surface area (Å²) in [6, 6.07) is 9.51. The van der Waals surface area contributed by atoms with Crippen molar-refractivity contribution >= 4 is 33.0 Å². The van der Waals surface area contributed by atoms with E-state index in [1.165, 1.54) is 11.3 Å². The third-order valence-corrected chi connectivity index (χ3v) is 3.87. The highest BCUT2D eigenvalue weighted by Crippen LogP contribution is 2.23. The molecular weight excluding hydrogens is 272 g/mol. The lowest BCUT2D eigenvalue weighted by atomic mass is 10.0. The summed E-state index contributed by atoms with van der Waals surface area (Å²) in [5.41, 5.74) is 1.80. The van der Waals surface area contributed by atoms with Crippen LogP contribution in [0.25, 0.3) is 0 Å². The Balaban J connectivity index is 2.41. The van der Waals surface area contributed by atoms with Crippen LogP contribution in [0.3, 0.4) is 0 Å². The molecule has 0 aliphatic carbocycles. The molecule has 2 aromatic rings. The maximum absolute atomic E-state index is 12.1. The number of carbonyl (C=O) groups excluding carboxylic acids is 1. The van der Waals surface area contributed by atoms with E-state index in [4.69, 9.17) is 0 Å². The normalized spacial score (nSPS) is 10.3. The quantitative estimate of drug-likeness (QED) is 0.759. The first-order valence-electron chi connectivity index (χ1n) is 4.53. The summed E-state index contributed by atoms with van der Waals surface area (Å²) < 4.78 is 0.962. The minimum Gasteiger partial charge on any atom is -0.288 e. The van der Waals surface area contributed by atoms with Crippen LogP contribution in [0.5, 0.6) is 0 Å². The lowest BCUT2D eigenvalue weighted by Crippen LogP contribution is -2.00. The second-order valence-electron chi connectivity index (χ2n) is 3.27. The first-order chi connectivity index (χ1) is 7.18. The number of rotatable bonds is 2. The smallest absolute Gasteiger partial charge is 0.203 e. The predicted octanol–water partition coefficient (Wildman–Crippen LogP) is 4.05. The minimum absolute atomic E-state index is 0.101. The molecule has 0 amide bonds. The number of carbonyl (C=O) groups is 1. The van der Waals surface area contributed by atoms with Gasteiger partial charge in [-0.15, -0.1) is 11.3 Å². The molecule has 0 saturated carbocycles. The Labute approximate surface area is 101 Å². The second kappa shape index (κ2) is 4.29. The molecule has 15 heavy (non-hydrogen) atoms. The summed E-state index contributed by atoms with van der Waals surface area (Å²) in [5.74, 6) is 0.101. The highest BCUT2D eigenvalue weighted by molar-refractivity contribution is 9.10. The molecule has 3 heteroatoms. The predicted molar refractivity (Wildman–Crippen MR) is 66.6 cm³/mol. The van der Waals surface area contributed by atoms with Crippen LogP contribution < -0.4 is 0 Å². The van der Waals surface area contributed by atoms with Crippen molar-refractivity contribution in [3.05, 3.63) is 56.2 Å². The zero-order chi connectivity index (χ0) is 10.8. The van der Waals surface area contributed by atoms with Crippen LogP contribution in [-0.2, 0) is 0 Å². The molecule has 0 radical (unpaired) electrons. The zero-order valence-electron chi connectivity index (χ0n) is 8.16. The SMILES string of the molecule is Cc1ccccc1C(=O)c1cc(Br)cs1. The molecule has 0 fully saturated rings. The van der Waals surface area contributed by atoms with Crippen molar-refractivity contribution < 1.29 is 4.79 Å². The van der Waals surface area contributed by atoms with Crippen molar-refractivity contribution in [3.8, 4) is 0 Å². The number of halogens is 1. The van der Waals surface area contributed by atoms with E-state index in [9.17, 15) is 4.79 Å². The van der Waals surface area contributed by atoms with Gasteiger partial charge in [-0.1, -0.05) is 24.3 Å². The highest BCUT2D eigenvalue weighted by atomic mass is 79.9. The van der Waals surface area contributed by atoms with Gasteiger partial charge in [-0.05, 0) is 34.5 Å². The van der Waals surface area contributed by atoms with Crippen LogP contribution in [0.4, 0.5) is 0 Å². The standard InChI is InChI=1S/C12H9BrOS/c1-8-4-2-3-5-10(8)12(14)11-6-9(13)7-15-11/h2-7H,1H3. The van der Waals surface area contributed by atoms with E-state index in [1.54, 1.807) is 0 Å². The van der Waals surface area contributed by atoms with Gasteiger partial charge in [0.2, 0.25) is 5.78 Å². The van der Waals surface area contributed by atoms with Crippen molar-refractivity contribution in [3.63, 3.8) is 0 Å². The van der Waals surface area contributed by atoms with E-state index in [1.807, 2.05) is 42.6 Å². The van der Waals surface area contributed by atoms with E-state index in [-0.39, 0.29) is 5.78 Å². The lowest BCUT2D eigenvalue weighted by Gasteiger charge is -2.01. The van der Waals surface area contributed by atoms with E-state index in [0.29, 0.717) is 0 Å². The van der Waals surface area contributed by atoms with Crippen molar-refractivity contribution in [2.75, 3.05) is 0 Å². The second-order valence-corrected chi connectivity index (χ2v) is 5.10. The van der Waals surface area contributed by atoms with Gasteiger partial charge in [0.05, 0.1) is 4.88 Å². The molecule has 1 nitrogen and oxygen atoms in total. The summed E-state index contributed by atoms with van der Waals surface area (Å²) in [5, 5.41) is 1.92. The van der Waals surface area contributed by atoms with E-state index in [2.05, 4.69) is 15.9 Å². The maximum Gasteiger partial charge on any atom is 0.203 e. The Hall–Kier alpha value is -0.930. The third-order valence-electron chi connectivity index (χ3n) is 2.18. The first kappa shape index (κ1) is 10.6. The average Bonchev–Trinajstić information content (AvgIpc) is 2.65.